The van der Waals surface area contributed by atoms with Gasteiger partial charge in [-0.2, -0.15) is 0 Å². The van der Waals surface area contributed by atoms with Crippen LogP contribution < -0.4 is 11.1 Å². The second kappa shape index (κ2) is 6.44. The van der Waals surface area contributed by atoms with Gasteiger partial charge in [0.2, 0.25) is 5.91 Å². The molecule has 3 nitrogen and oxygen atoms in total. The largest absolute Gasteiger partial charge is 0.399 e. The first-order valence-corrected chi connectivity index (χ1v) is 7.19. The van der Waals surface area contributed by atoms with Crippen molar-refractivity contribution in [3.63, 3.8) is 0 Å². The van der Waals surface area contributed by atoms with Crippen molar-refractivity contribution < 1.29 is 4.79 Å². The fraction of sp³-hybridized carbons (Fsp3) is 0.278. The average molecular weight is 282 g/mol. The van der Waals surface area contributed by atoms with Gasteiger partial charge < -0.3 is 11.1 Å². The van der Waals surface area contributed by atoms with Crippen molar-refractivity contribution in [2.75, 3.05) is 5.73 Å². The van der Waals surface area contributed by atoms with Crippen LogP contribution in [0.1, 0.15) is 42.5 Å². The third kappa shape index (κ3) is 3.85. The Labute approximate surface area is 126 Å². The number of hydrogen-bond acceptors (Lipinski definition) is 2. The second-order valence-electron chi connectivity index (χ2n) is 5.53. The molecule has 0 saturated heterocycles. The zero-order chi connectivity index (χ0) is 15.4. The molecule has 3 N–H and O–H groups in total. The molecule has 1 amide bonds. The number of hydrogen-bond donors (Lipinski definition) is 2. The molecule has 3 heteroatoms. The van der Waals surface area contributed by atoms with Crippen LogP contribution in [-0.4, -0.2) is 5.91 Å². The van der Waals surface area contributed by atoms with Gasteiger partial charge in [-0.05, 0) is 44.0 Å². The highest BCUT2D eigenvalue weighted by Crippen LogP contribution is 2.20. The van der Waals surface area contributed by atoms with E-state index in [9.17, 15) is 4.79 Å². The Morgan fingerprint density at radius 2 is 1.71 bits per heavy atom. The maximum atomic E-state index is 12.4. The summed E-state index contributed by atoms with van der Waals surface area (Å²) in [6.07, 6.45) is 0. The van der Waals surface area contributed by atoms with E-state index in [1.54, 1.807) is 0 Å². The van der Waals surface area contributed by atoms with Gasteiger partial charge in [-0.25, -0.2) is 0 Å². The molecule has 0 saturated carbocycles. The number of nitrogens with one attached hydrogen (secondary N) is 1. The summed E-state index contributed by atoms with van der Waals surface area (Å²) in [7, 11) is 0. The van der Waals surface area contributed by atoms with Gasteiger partial charge in [0.15, 0.2) is 0 Å². The van der Waals surface area contributed by atoms with Crippen LogP contribution >= 0.6 is 0 Å². The molecule has 0 aliphatic rings. The number of carbonyl (C=O) groups excluding carboxylic acids is 1. The van der Waals surface area contributed by atoms with E-state index in [-0.39, 0.29) is 17.9 Å². The van der Waals surface area contributed by atoms with E-state index in [1.807, 2.05) is 50.2 Å². The average Bonchev–Trinajstić information content (AvgIpc) is 2.47. The first-order valence-electron chi connectivity index (χ1n) is 7.19. The summed E-state index contributed by atoms with van der Waals surface area (Å²) in [4.78, 5) is 12.4. The third-order valence-corrected chi connectivity index (χ3v) is 3.74. The predicted octanol–water partition coefficient (Wildman–Crippen LogP) is 3.56. The second-order valence-corrected chi connectivity index (χ2v) is 5.53. The quantitative estimate of drug-likeness (QED) is 0.842. The summed E-state index contributed by atoms with van der Waals surface area (Å²) in [5, 5.41) is 3.05. The highest BCUT2D eigenvalue weighted by molar-refractivity contribution is 5.83. The molecule has 0 aliphatic carbocycles. The number of amides is 1. The Balaban J connectivity index is 2.05. The molecule has 0 radical (unpaired) electrons. The maximum absolute atomic E-state index is 12.4. The smallest absolute Gasteiger partial charge is 0.227 e. The maximum Gasteiger partial charge on any atom is 0.227 e. The molecule has 0 aromatic heterocycles. The Morgan fingerprint density at radius 1 is 1.05 bits per heavy atom. The van der Waals surface area contributed by atoms with Crippen molar-refractivity contribution in [2.45, 2.75) is 32.7 Å². The molecule has 0 fully saturated rings. The van der Waals surface area contributed by atoms with Crippen LogP contribution in [0.4, 0.5) is 5.69 Å². The molecule has 0 heterocycles. The molecular weight excluding hydrogens is 260 g/mol. The lowest BCUT2D eigenvalue weighted by atomic mass is 9.98. The molecule has 2 aromatic carbocycles. The number of nitrogen functional groups attached to an aromatic ring is 1. The lowest BCUT2D eigenvalue weighted by Gasteiger charge is -2.18. The standard InChI is InChI=1S/C18H22N2O/c1-12-7-9-15(10-8-12)14(3)20-18(21)13(2)16-5-4-6-17(19)11-16/h4-11,13-14H,19H2,1-3H3,(H,20,21). The zero-order valence-corrected chi connectivity index (χ0v) is 12.8. The molecule has 2 aromatic rings. The van der Waals surface area contributed by atoms with Crippen LogP contribution in [0.25, 0.3) is 0 Å². The van der Waals surface area contributed by atoms with Gasteiger partial charge in [0.25, 0.3) is 0 Å². The number of rotatable bonds is 4. The van der Waals surface area contributed by atoms with Crippen LogP contribution in [0.15, 0.2) is 48.5 Å². The monoisotopic (exact) mass is 282 g/mol. The normalized spacial score (nSPS) is 13.5. The molecule has 0 aliphatic heterocycles. The summed E-state index contributed by atoms with van der Waals surface area (Å²) >= 11 is 0. The Morgan fingerprint density at radius 3 is 2.33 bits per heavy atom. The van der Waals surface area contributed by atoms with Gasteiger partial charge in [0.05, 0.1) is 12.0 Å². The van der Waals surface area contributed by atoms with Gasteiger partial charge in [0, 0.05) is 5.69 Å². The summed E-state index contributed by atoms with van der Waals surface area (Å²) < 4.78 is 0. The van der Waals surface area contributed by atoms with Gasteiger partial charge in [-0.1, -0.05) is 42.0 Å². The molecule has 0 spiro atoms. The van der Waals surface area contributed by atoms with Crippen molar-refractivity contribution in [1.82, 2.24) is 5.32 Å². The molecule has 0 bridgehead atoms. The molecule has 21 heavy (non-hydrogen) atoms. The molecule has 2 rings (SSSR count). The number of aryl methyl sites for hydroxylation is 1. The van der Waals surface area contributed by atoms with Crippen molar-refractivity contribution in [3.05, 3.63) is 65.2 Å². The van der Waals surface area contributed by atoms with E-state index in [0.29, 0.717) is 5.69 Å². The minimum atomic E-state index is -0.221. The summed E-state index contributed by atoms with van der Waals surface area (Å²) in [5.41, 5.74) is 9.70. The summed E-state index contributed by atoms with van der Waals surface area (Å²) in [6.45, 7) is 5.94. The third-order valence-electron chi connectivity index (χ3n) is 3.74. The van der Waals surface area contributed by atoms with E-state index in [4.69, 9.17) is 5.73 Å². The van der Waals surface area contributed by atoms with Crippen molar-refractivity contribution in [1.29, 1.82) is 0 Å². The van der Waals surface area contributed by atoms with E-state index in [1.165, 1.54) is 5.56 Å². The van der Waals surface area contributed by atoms with Crippen molar-refractivity contribution in [2.24, 2.45) is 0 Å². The Bertz CT molecular complexity index is 619. The fourth-order valence-corrected chi connectivity index (χ4v) is 2.26. The first-order chi connectivity index (χ1) is 9.97. The molecule has 2 unspecified atom stereocenters. The minimum Gasteiger partial charge on any atom is -0.399 e. The van der Waals surface area contributed by atoms with Gasteiger partial charge in [-0.3, -0.25) is 4.79 Å². The van der Waals surface area contributed by atoms with Crippen molar-refractivity contribution in [3.8, 4) is 0 Å². The van der Waals surface area contributed by atoms with Gasteiger partial charge >= 0.3 is 0 Å². The highest BCUT2D eigenvalue weighted by Gasteiger charge is 2.17. The summed E-state index contributed by atoms with van der Waals surface area (Å²) in [6, 6.07) is 15.7. The highest BCUT2D eigenvalue weighted by atomic mass is 16.1. The van der Waals surface area contributed by atoms with Crippen LogP contribution in [0.5, 0.6) is 0 Å². The van der Waals surface area contributed by atoms with Gasteiger partial charge in [-0.15, -0.1) is 0 Å². The zero-order valence-electron chi connectivity index (χ0n) is 12.8. The minimum absolute atomic E-state index is 0.00803. The molecule has 110 valence electrons. The van der Waals surface area contributed by atoms with E-state index in [2.05, 4.69) is 24.4 Å². The van der Waals surface area contributed by atoms with Crippen LogP contribution in [0.2, 0.25) is 0 Å². The number of carbonyl (C=O) groups is 1. The number of anilines is 1. The van der Waals surface area contributed by atoms with E-state index >= 15 is 0 Å². The summed E-state index contributed by atoms with van der Waals surface area (Å²) in [5.74, 6) is -0.213. The van der Waals surface area contributed by atoms with E-state index < -0.39 is 0 Å². The van der Waals surface area contributed by atoms with Crippen molar-refractivity contribution >= 4 is 11.6 Å². The van der Waals surface area contributed by atoms with Crippen LogP contribution in [-0.2, 0) is 4.79 Å². The van der Waals surface area contributed by atoms with Gasteiger partial charge in [0.1, 0.15) is 0 Å². The molecule has 2 atom stereocenters. The predicted molar refractivity (Wildman–Crippen MR) is 87.0 cm³/mol. The Hall–Kier alpha value is -2.29. The fourth-order valence-electron chi connectivity index (χ4n) is 2.26. The SMILES string of the molecule is Cc1ccc(C(C)NC(=O)C(C)c2cccc(N)c2)cc1. The van der Waals surface area contributed by atoms with Crippen LogP contribution in [0, 0.1) is 6.92 Å². The first kappa shape index (κ1) is 15.1. The molecular formula is C18H22N2O. The number of nitrogens with two attached hydrogens (primary N) is 1. The lowest BCUT2D eigenvalue weighted by molar-refractivity contribution is -0.122. The van der Waals surface area contributed by atoms with Crippen LogP contribution in [0.3, 0.4) is 0 Å². The lowest BCUT2D eigenvalue weighted by Crippen LogP contribution is -2.30. The van der Waals surface area contributed by atoms with E-state index in [0.717, 1.165) is 11.1 Å². The Kier molecular flexibility index (Phi) is 4.63. The number of benzene rings is 2. The topological polar surface area (TPSA) is 55.1 Å².